The van der Waals surface area contributed by atoms with E-state index >= 15 is 4.39 Å². The zero-order valence-corrected chi connectivity index (χ0v) is 23.4. The molecule has 10 heteroatoms. The number of aromatic nitrogens is 2. The van der Waals surface area contributed by atoms with Gasteiger partial charge >= 0.3 is 0 Å². The highest BCUT2D eigenvalue weighted by molar-refractivity contribution is 8.00. The van der Waals surface area contributed by atoms with Crippen LogP contribution in [0.3, 0.4) is 0 Å². The van der Waals surface area contributed by atoms with Gasteiger partial charge in [-0.3, -0.25) is 14.5 Å². The molecule has 0 aliphatic carbocycles. The summed E-state index contributed by atoms with van der Waals surface area (Å²) in [6, 6.07) is 17.2. The number of carbonyl (C=O) groups is 2. The number of fused-ring (bicyclic) bond motifs is 1. The molecule has 2 aromatic carbocycles. The number of hydrogen-bond acceptors (Lipinski definition) is 5. The number of rotatable bonds is 6. The lowest BCUT2D eigenvalue weighted by Crippen LogP contribution is -2.42. The minimum atomic E-state index is -0.535. The molecular formula is C29H28ClFN4O3S. The lowest BCUT2D eigenvalue weighted by molar-refractivity contribution is -0.123. The van der Waals surface area contributed by atoms with E-state index in [9.17, 15) is 9.59 Å². The maximum atomic E-state index is 15.2. The highest BCUT2D eigenvalue weighted by atomic mass is 35.5. The van der Waals surface area contributed by atoms with Crippen LogP contribution in [0.2, 0.25) is 5.02 Å². The zero-order valence-electron chi connectivity index (χ0n) is 21.8. The second kappa shape index (κ2) is 10.9. The Labute approximate surface area is 235 Å². The molecule has 1 atom stereocenters. The van der Waals surface area contributed by atoms with Gasteiger partial charge in [0.1, 0.15) is 23.9 Å². The Morgan fingerprint density at radius 3 is 2.59 bits per heavy atom. The zero-order chi connectivity index (χ0) is 27.7. The maximum Gasteiger partial charge on any atom is 0.240 e. The van der Waals surface area contributed by atoms with E-state index in [-0.39, 0.29) is 36.5 Å². The number of halogens is 2. The smallest absolute Gasteiger partial charge is 0.240 e. The highest BCUT2D eigenvalue weighted by Gasteiger charge is 2.40. The summed E-state index contributed by atoms with van der Waals surface area (Å²) in [4.78, 5) is 28.2. The molecule has 4 aromatic rings. The topological polar surface area (TPSA) is 80.4 Å². The van der Waals surface area contributed by atoms with E-state index in [1.807, 2.05) is 32.9 Å². The number of hydrogen-bond donors (Lipinski definition) is 1. The molecule has 3 heterocycles. The molecule has 1 aliphatic heterocycles. The fourth-order valence-electron chi connectivity index (χ4n) is 4.60. The quantitative estimate of drug-likeness (QED) is 0.308. The average molecular weight is 567 g/mol. The van der Waals surface area contributed by atoms with E-state index in [0.717, 1.165) is 0 Å². The average Bonchev–Trinajstić information content (AvgIpc) is 3.53. The standard InChI is InChI=1S/C29H28ClFN4O3S/c1-29(2,3)27-25-26(19-10-4-6-12-21(19)31)39-17-24(37)34(16-23(36)32-15-18-9-8-14-38-18)28(25)35(33-27)22-13-7-5-11-20(22)30/h4-14,26H,15-17H2,1-3H3,(H,32,36)/t26-/m1/s1. The molecule has 5 rings (SSSR count). The van der Waals surface area contributed by atoms with E-state index in [2.05, 4.69) is 5.32 Å². The first-order valence-electron chi connectivity index (χ1n) is 12.5. The van der Waals surface area contributed by atoms with Crippen LogP contribution in [-0.2, 0) is 21.5 Å². The summed E-state index contributed by atoms with van der Waals surface area (Å²) in [6.45, 7) is 5.98. The number of anilines is 1. The lowest BCUT2D eigenvalue weighted by atomic mass is 9.87. The largest absolute Gasteiger partial charge is 0.467 e. The van der Waals surface area contributed by atoms with Crippen molar-refractivity contribution in [1.29, 1.82) is 0 Å². The van der Waals surface area contributed by atoms with Crippen molar-refractivity contribution in [3.05, 3.63) is 100 Å². The molecule has 7 nitrogen and oxygen atoms in total. The summed E-state index contributed by atoms with van der Waals surface area (Å²) in [5, 5.41) is 7.68. The van der Waals surface area contributed by atoms with Gasteiger partial charge in [0.25, 0.3) is 0 Å². The predicted octanol–water partition coefficient (Wildman–Crippen LogP) is 6.04. The van der Waals surface area contributed by atoms with Crippen LogP contribution in [0, 0.1) is 5.82 Å². The van der Waals surface area contributed by atoms with Gasteiger partial charge in [-0.2, -0.15) is 5.10 Å². The Kier molecular flexibility index (Phi) is 7.55. The van der Waals surface area contributed by atoms with Gasteiger partial charge in [0, 0.05) is 16.5 Å². The third-order valence-corrected chi connectivity index (χ3v) is 7.97. The maximum absolute atomic E-state index is 15.2. The first-order valence-corrected chi connectivity index (χ1v) is 13.9. The van der Waals surface area contributed by atoms with Gasteiger partial charge < -0.3 is 9.73 Å². The highest BCUT2D eigenvalue weighted by Crippen LogP contribution is 2.49. The summed E-state index contributed by atoms with van der Waals surface area (Å²) in [6.07, 6.45) is 1.53. The number of nitrogens with zero attached hydrogens (tertiary/aromatic N) is 3. The van der Waals surface area contributed by atoms with Crippen LogP contribution in [0.4, 0.5) is 10.2 Å². The van der Waals surface area contributed by atoms with Crippen LogP contribution in [0.5, 0.6) is 0 Å². The van der Waals surface area contributed by atoms with E-state index < -0.39 is 10.7 Å². The first kappa shape index (κ1) is 27.0. The number of thioether (sulfide) groups is 1. The fraction of sp³-hybridized carbons (Fsp3) is 0.276. The van der Waals surface area contributed by atoms with Crippen LogP contribution in [0.25, 0.3) is 5.69 Å². The Bertz CT molecular complexity index is 1510. The molecule has 2 aromatic heterocycles. The third-order valence-electron chi connectivity index (χ3n) is 6.41. The van der Waals surface area contributed by atoms with E-state index in [1.54, 1.807) is 47.1 Å². The number of carbonyl (C=O) groups excluding carboxylic acids is 2. The van der Waals surface area contributed by atoms with Gasteiger partial charge in [-0.05, 0) is 30.3 Å². The minimum Gasteiger partial charge on any atom is -0.467 e. The van der Waals surface area contributed by atoms with Gasteiger partial charge in [-0.15, -0.1) is 11.8 Å². The molecule has 1 aliphatic rings. The molecule has 0 radical (unpaired) electrons. The van der Waals surface area contributed by atoms with Gasteiger partial charge in [0.05, 0.1) is 40.2 Å². The molecule has 0 saturated carbocycles. The van der Waals surface area contributed by atoms with Gasteiger partial charge in [-0.25, -0.2) is 9.07 Å². The third kappa shape index (κ3) is 5.46. The summed E-state index contributed by atoms with van der Waals surface area (Å²) in [7, 11) is 0. The van der Waals surface area contributed by atoms with Crippen molar-refractivity contribution in [1.82, 2.24) is 15.1 Å². The first-order chi connectivity index (χ1) is 18.6. The predicted molar refractivity (Wildman–Crippen MR) is 151 cm³/mol. The van der Waals surface area contributed by atoms with Crippen molar-refractivity contribution >= 4 is 41.0 Å². The Hall–Kier alpha value is -3.56. The minimum absolute atomic E-state index is 0.0469. The second-order valence-electron chi connectivity index (χ2n) is 10.2. The van der Waals surface area contributed by atoms with Crippen molar-refractivity contribution in [3.8, 4) is 5.69 Å². The van der Waals surface area contributed by atoms with E-state index in [0.29, 0.717) is 39.1 Å². The van der Waals surface area contributed by atoms with Crippen molar-refractivity contribution in [3.63, 3.8) is 0 Å². The van der Waals surface area contributed by atoms with Crippen LogP contribution in [-0.4, -0.2) is 33.9 Å². The Morgan fingerprint density at radius 1 is 1.15 bits per heavy atom. The van der Waals surface area contributed by atoms with Gasteiger partial charge in [0.15, 0.2) is 0 Å². The molecule has 0 unspecified atom stereocenters. The molecule has 0 spiro atoms. The number of benzene rings is 2. The van der Waals surface area contributed by atoms with Crippen LogP contribution >= 0.6 is 23.4 Å². The molecule has 1 N–H and O–H groups in total. The van der Waals surface area contributed by atoms with Crippen LogP contribution in [0.1, 0.15) is 48.6 Å². The van der Waals surface area contributed by atoms with E-state index in [1.165, 1.54) is 29.0 Å². The normalized spacial score (nSPS) is 15.7. The molecule has 39 heavy (non-hydrogen) atoms. The lowest BCUT2D eigenvalue weighted by Gasteiger charge is -2.24. The fourth-order valence-corrected chi connectivity index (χ4v) is 6.03. The second-order valence-corrected chi connectivity index (χ2v) is 11.7. The Morgan fingerprint density at radius 2 is 1.90 bits per heavy atom. The summed E-state index contributed by atoms with van der Waals surface area (Å²) in [5.74, 6) is 0.0159. The SMILES string of the molecule is CC(C)(C)c1nn(-c2ccccc2Cl)c2c1[C@@H](c1ccccc1F)SCC(=O)N2CC(=O)NCc1ccco1. The molecule has 202 valence electrons. The molecule has 0 fully saturated rings. The van der Waals surface area contributed by atoms with Gasteiger partial charge in [-0.1, -0.05) is 62.7 Å². The molecule has 0 saturated heterocycles. The molecule has 0 bridgehead atoms. The summed E-state index contributed by atoms with van der Waals surface area (Å²) in [5.41, 5.74) is 1.90. The van der Waals surface area contributed by atoms with Crippen molar-refractivity contribution in [2.45, 2.75) is 38.0 Å². The monoisotopic (exact) mass is 566 g/mol. The summed E-state index contributed by atoms with van der Waals surface area (Å²) >= 11 is 7.94. The number of amides is 2. The number of para-hydroxylation sites is 1. The van der Waals surface area contributed by atoms with Crippen LogP contribution in [0.15, 0.2) is 71.3 Å². The summed E-state index contributed by atoms with van der Waals surface area (Å²) < 4.78 is 22.2. The number of furan rings is 1. The van der Waals surface area contributed by atoms with Crippen molar-refractivity contribution in [2.24, 2.45) is 0 Å². The molecular weight excluding hydrogens is 539 g/mol. The van der Waals surface area contributed by atoms with Gasteiger partial charge in [0.2, 0.25) is 11.8 Å². The molecule has 2 amide bonds. The van der Waals surface area contributed by atoms with Crippen LogP contribution < -0.4 is 10.2 Å². The van der Waals surface area contributed by atoms with E-state index in [4.69, 9.17) is 21.1 Å². The van der Waals surface area contributed by atoms with Crippen molar-refractivity contribution < 1.29 is 18.4 Å². The number of nitrogens with one attached hydrogen (secondary N) is 1. The Balaban J connectivity index is 1.70. The van der Waals surface area contributed by atoms with Crippen molar-refractivity contribution in [2.75, 3.05) is 17.2 Å².